The molecule has 0 aliphatic heterocycles. The number of sulfonamides is 1. The van der Waals surface area contributed by atoms with Gasteiger partial charge in [0.05, 0.1) is 17.0 Å². The molecule has 0 aliphatic carbocycles. The summed E-state index contributed by atoms with van der Waals surface area (Å²) in [5.74, 6) is 0.300. The van der Waals surface area contributed by atoms with Crippen molar-refractivity contribution in [1.29, 1.82) is 0 Å². The highest BCUT2D eigenvalue weighted by molar-refractivity contribution is 7.89. The summed E-state index contributed by atoms with van der Waals surface area (Å²) in [6.45, 7) is 2.23. The first-order chi connectivity index (χ1) is 12.8. The predicted molar refractivity (Wildman–Crippen MR) is 101 cm³/mol. The number of benzene rings is 1. The van der Waals surface area contributed by atoms with E-state index >= 15 is 0 Å². The normalized spacial score (nSPS) is 11.9. The molecule has 10 heteroatoms. The third-order valence-corrected chi connectivity index (χ3v) is 5.80. The van der Waals surface area contributed by atoms with E-state index in [2.05, 4.69) is 20.6 Å². The van der Waals surface area contributed by atoms with E-state index in [1.54, 1.807) is 23.0 Å². The fourth-order valence-corrected chi connectivity index (χ4v) is 3.37. The van der Waals surface area contributed by atoms with Crippen molar-refractivity contribution in [3.63, 3.8) is 0 Å². The topological polar surface area (TPSA) is 110 Å². The molecule has 1 aromatic carbocycles. The van der Waals surface area contributed by atoms with Crippen LogP contribution in [0.2, 0.25) is 0 Å². The Hall–Kier alpha value is -2.85. The first kappa shape index (κ1) is 18.9. The lowest BCUT2D eigenvalue weighted by Gasteiger charge is -2.11. The second kappa shape index (κ2) is 7.41. The number of carbonyl (C=O) groups excluding carboxylic acids is 1. The van der Waals surface area contributed by atoms with Gasteiger partial charge in [0.1, 0.15) is 11.3 Å². The van der Waals surface area contributed by atoms with Gasteiger partial charge in [-0.1, -0.05) is 11.3 Å². The Kier molecular flexibility index (Phi) is 5.19. The lowest BCUT2D eigenvalue weighted by atomic mass is 10.3. The fraction of sp³-hybridized carbons (Fsp3) is 0.294. The van der Waals surface area contributed by atoms with Crippen LogP contribution in [0.1, 0.15) is 12.0 Å². The molecular formula is C17H20N6O3S. The molecule has 1 amide bonds. The number of aromatic nitrogens is 4. The van der Waals surface area contributed by atoms with Crippen LogP contribution in [0, 0.1) is 6.92 Å². The largest absolute Gasteiger partial charge is 0.311 e. The second-order valence-corrected chi connectivity index (χ2v) is 8.42. The Morgan fingerprint density at radius 1 is 1.22 bits per heavy atom. The molecule has 9 nitrogen and oxygen atoms in total. The lowest BCUT2D eigenvalue weighted by molar-refractivity contribution is -0.116. The number of anilines is 1. The molecule has 0 spiro atoms. The van der Waals surface area contributed by atoms with Crippen molar-refractivity contribution < 1.29 is 13.2 Å². The molecule has 0 saturated heterocycles. The van der Waals surface area contributed by atoms with Crippen LogP contribution in [-0.2, 0) is 21.4 Å². The van der Waals surface area contributed by atoms with E-state index < -0.39 is 10.0 Å². The number of amides is 1. The molecule has 0 aliphatic rings. The molecule has 0 radical (unpaired) electrons. The van der Waals surface area contributed by atoms with E-state index in [0.717, 1.165) is 9.87 Å². The summed E-state index contributed by atoms with van der Waals surface area (Å²) in [6.07, 6.45) is 1.87. The molecule has 1 N–H and O–H groups in total. The Bertz CT molecular complexity index is 1070. The third kappa shape index (κ3) is 4.12. The second-order valence-electron chi connectivity index (χ2n) is 6.27. The quantitative estimate of drug-likeness (QED) is 0.684. The van der Waals surface area contributed by atoms with Gasteiger partial charge in [0, 0.05) is 26.7 Å². The first-order valence-corrected chi connectivity index (χ1v) is 9.69. The molecule has 3 rings (SSSR count). The highest BCUT2D eigenvalue weighted by atomic mass is 32.2. The van der Waals surface area contributed by atoms with Crippen molar-refractivity contribution >= 4 is 32.8 Å². The molecule has 27 heavy (non-hydrogen) atoms. The zero-order valence-corrected chi connectivity index (χ0v) is 16.1. The molecule has 2 heterocycles. The Balaban J connectivity index is 1.70. The van der Waals surface area contributed by atoms with Crippen molar-refractivity contribution in [2.24, 2.45) is 0 Å². The van der Waals surface area contributed by atoms with Crippen molar-refractivity contribution in [1.82, 2.24) is 24.3 Å². The molecule has 3 aromatic rings. The molecule has 0 unspecified atom stereocenters. The number of nitrogens with zero attached hydrogens (tertiary/aromatic N) is 5. The number of fused-ring (bicyclic) bond motifs is 1. The summed E-state index contributed by atoms with van der Waals surface area (Å²) < 4.78 is 27.1. The van der Waals surface area contributed by atoms with E-state index in [1.165, 1.54) is 26.2 Å². The summed E-state index contributed by atoms with van der Waals surface area (Å²) in [7, 11) is -0.597. The maximum Gasteiger partial charge on any atom is 0.242 e. The highest BCUT2D eigenvalue weighted by Gasteiger charge is 2.19. The molecule has 2 aromatic heterocycles. The predicted octanol–water partition coefficient (Wildman–Crippen LogP) is 1.41. The smallest absolute Gasteiger partial charge is 0.242 e. The zero-order valence-electron chi connectivity index (χ0n) is 15.2. The van der Waals surface area contributed by atoms with Crippen molar-refractivity contribution in [3.05, 3.63) is 42.1 Å². The van der Waals surface area contributed by atoms with Gasteiger partial charge in [-0.3, -0.25) is 4.79 Å². The van der Waals surface area contributed by atoms with Crippen LogP contribution in [0.15, 0.2) is 41.4 Å². The number of hydrogen-bond donors (Lipinski definition) is 1. The number of pyridine rings is 1. The zero-order chi connectivity index (χ0) is 19.6. The van der Waals surface area contributed by atoms with Crippen LogP contribution >= 0.6 is 0 Å². The van der Waals surface area contributed by atoms with Gasteiger partial charge in [-0.2, -0.15) is 0 Å². The van der Waals surface area contributed by atoms with Gasteiger partial charge in [0.2, 0.25) is 15.9 Å². The molecule has 142 valence electrons. The maximum atomic E-state index is 12.2. The summed E-state index contributed by atoms with van der Waals surface area (Å²) in [5.41, 5.74) is 2.13. The van der Waals surface area contributed by atoms with Gasteiger partial charge < -0.3 is 5.32 Å². The summed E-state index contributed by atoms with van der Waals surface area (Å²) in [6, 6.07) is 8.24. The first-order valence-electron chi connectivity index (χ1n) is 8.25. The average molecular weight is 388 g/mol. The number of carbonyl (C=O) groups is 1. The standard InChI is InChI=1S/C17H20N6O3S/c1-12-4-7-16(18-11-12)19-17(24)8-9-23-15-6-5-13(10-14(15)20-21-23)27(25,26)22(2)3/h4-7,10-11H,8-9H2,1-3H3,(H,18,19,24). The molecule has 0 saturated carbocycles. The van der Waals surface area contributed by atoms with E-state index in [0.29, 0.717) is 23.4 Å². The minimum Gasteiger partial charge on any atom is -0.311 e. The van der Waals surface area contributed by atoms with Crippen molar-refractivity contribution in [2.45, 2.75) is 24.8 Å². The van der Waals surface area contributed by atoms with E-state index in [9.17, 15) is 13.2 Å². The van der Waals surface area contributed by atoms with Crippen LogP contribution in [0.3, 0.4) is 0 Å². The number of hydrogen-bond acceptors (Lipinski definition) is 6. The number of rotatable bonds is 6. The van der Waals surface area contributed by atoms with Crippen LogP contribution < -0.4 is 5.32 Å². The Morgan fingerprint density at radius 2 is 2.00 bits per heavy atom. The van der Waals surface area contributed by atoms with Gasteiger partial charge in [-0.15, -0.1) is 5.10 Å². The summed E-state index contributed by atoms with van der Waals surface area (Å²) >= 11 is 0. The third-order valence-electron chi connectivity index (χ3n) is 3.99. The van der Waals surface area contributed by atoms with Crippen LogP contribution in [0.5, 0.6) is 0 Å². The minimum absolute atomic E-state index is 0.148. The molecule has 0 bridgehead atoms. The van der Waals surface area contributed by atoms with Crippen LogP contribution in [0.4, 0.5) is 5.82 Å². The average Bonchev–Trinajstić information content (AvgIpc) is 3.04. The van der Waals surface area contributed by atoms with Gasteiger partial charge in [-0.05, 0) is 36.8 Å². The van der Waals surface area contributed by atoms with Gasteiger partial charge in [0.25, 0.3) is 0 Å². The van der Waals surface area contributed by atoms with E-state index in [-0.39, 0.29) is 17.2 Å². The van der Waals surface area contributed by atoms with Crippen molar-refractivity contribution in [3.8, 4) is 0 Å². The van der Waals surface area contributed by atoms with Gasteiger partial charge in [-0.25, -0.2) is 22.4 Å². The Labute approximate surface area is 157 Å². The maximum absolute atomic E-state index is 12.2. The monoisotopic (exact) mass is 388 g/mol. The molecule has 0 atom stereocenters. The summed E-state index contributed by atoms with van der Waals surface area (Å²) in [5, 5.41) is 10.8. The van der Waals surface area contributed by atoms with Crippen LogP contribution in [0.25, 0.3) is 11.0 Å². The SMILES string of the molecule is Cc1ccc(NC(=O)CCn2nnc3cc(S(=O)(=O)N(C)C)ccc32)nc1. The molecular weight excluding hydrogens is 368 g/mol. The summed E-state index contributed by atoms with van der Waals surface area (Å²) in [4.78, 5) is 16.4. The van der Waals surface area contributed by atoms with Gasteiger partial charge in [0.15, 0.2) is 0 Å². The van der Waals surface area contributed by atoms with E-state index in [1.807, 2.05) is 13.0 Å². The highest BCUT2D eigenvalue weighted by Crippen LogP contribution is 2.19. The van der Waals surface area contributed by atoms with Crippen LogP contribution in [-0.4, -0.2) is 52.7 Å². The molecule has 0 fully saturated rings. The minimum atomic E-state index is -3.54. The van der Waals surface area contributed by atoms with Gasteiger partial charge >= 0.3 is 0 Å². The fourth-order valence-electron chi connectivity index (χ4n) is 2.44. The lowest BCUT2D eigenvalue weighted by Crippen LogP contribution is -2.22. The van der Waals surface area contributed by atoms with E-state index in [4.69, 9.17) is 0 Å². The number of nitrogens with one attached hydrogen (secondary N) is 1. The van der Waals surface area contributed by atoms with Crippen molar-refractivity contribution in [2.75, 3.05) is 19.4 Å². The Morgan fingerprint density at radius 3 is 2.67 bits per heavy atom. The number of aryl methyl sites for hydroxylation is 2.